The van der Waals surface area contributed by atoms with Gasteiger partial charge in [-0.3, -0.25) is 4.57 Å². The third-order valence-electron chi connectivity index (χ3n) is 3.13. The van der Waals surface area contributed by atoms with E-state index in [1.807, 2.05) is 0 Å². The summed E-state index contributed by atoms with van der Waals surface area (Å²) in [5.74, 6) is -1.41. The standard InChI is InChI=1S/C15H15FN2O3/c1-9-6-10(2)18(15(20)17-9)8-11-4-5-12(13(16)7-11)14(19)21-3/h4-7H,8H2,1-3H3. The molecule has 6 heteroatoms. The van der Waals surface area contributed by atoms with E-state index >= 15 is 0 Å². The highest BCUT2D eigenvalue weighted by Crippen LogP contribution is 2.13. The molecule has 0 N–H and O–H groups in total. The van der Waals surface area contributed by atoms with Gasteiger partial charge in [-0.1, -0.05) is 6.07 Å². The first-order valence-electron chi connectivity index (χ1n) is 6.34. The Kier molecular flexibility index (Phi) is 4.16. The highest BCUT2D eigenvalue weighted by Gasteiger charge is 2.13. The van der Waals surface area contributed by atoms with Crippen LogP contribution in [0.4, 0.5) is 4.39 Å². The molecule has 0 aliphatic rings. The number of rotatable bonds is 3. The van der Waals surface area contributed by atoms with E-state index in [1.54, 1.807) is 26.0 Å². The van der Waals surface area contributed by atoms with Crippen LogP contribution in [0.2, 0.25) is 0 Å². The number of halogens is 1. The summed E-state index contributed by atoms with van der Waals surface area (Å²) in [5, 5.41) is 0. The molecule has 2 rings (SSSR count). The van der Waals surface area contributed by atoms with Gasteiger partial charge in [0.15, 0.2) is 0 Å². The molecule has 0 atom stereocenters. The minimum atomic E-state index is -0.732. The lowest BCUT2D eigenvalue weighted by molar-refractivity contribution is 0.0595. The SMILES string of the molecule is COC(=O)c1ccc(Cn2c(C)cc(C)nc2=O)cc1F. The van der Waals surface area contributed by atoms with Crippen LogP contribution in [0.25, 0.3) is 0 Å². The molecule has 0 aliphatic carbocycles. The maximum Gasteiger partial charge on any atom is 0.348 e. The smallest absolute Gasteiger partial charge is 0.348 e. The van der Waals surface area contributed by atoms with Crippen molar-refractivity contribution in [3.05, 3.63) is 63.1 Å². The average molecular weight is 290 g/mol. The number of methoxy groups -OCH3 is 1. The first-order chi connectivity index (χ1) is 9.92. The summed E-state index contributed by atoms with van der Waals surface area (Å²) >= 11 is 0. The van der Waals surface area contributed by atoms with Crippen LogP contribution in [-0.4, -0.2) is 22.6 Å². The third kappa shape index (κ3) is 3.16. The molecule has 0 amide bonds. The molecule has 5 nitrogen and oxygen atoms in total. The van der Waals surface area contributed by atoms with Crippen molar-refractivity contribution in [2.45, 2.75) is 20.4 Å². The lowest BCUT2D eigenvalue weighted by Crippen LogP contribution is -2.26. The minimum Gasteiger partial charge on any atom is -0.465 e. The Morgan fingerprint density at radius 1 is 1.33 bits per heavy atom. The fraction of sp³-hybridized carbons (Fsp3) is 0.267. The summed E-state index contributed by atoms with van der Waals surface area (Å²) in [4.78, 5) is 27.0. The second-order valence-corrected chi connectivity index (χ2v) is 4.71. The molecular weight excluding hydrogens is 275 g/mol. The molecule has 1 aromatic heterocycles. The van der Waals surface area contributed by atoms with Gasteiger partial charge in [-0.15, -0.1) is 0 Å². The molecule has 0 fully saturated rings. The zero-order valence-electron chi connectivity index (χ0n) is 12.0. The number of aryl methyl sites for hydroxylation is 2. The van der Waals surface area contributed by atoms with Gasteiger partial charge in [-0.25, -0.2) is 14.0 Å². The summed E-state index contributed by atoms with van der Waals surface area (Å²) in [6, 6.07) is 5.93. The molecule has 0 spiro atoms. The molecule has 0 aliphatic heterocycles. The van der Waals surface area contributed by atoms with Crippen LogP contribution in [0.1, 0.15) is 27.3 Å². The molecule has 1 heterocycles. The van der Waals surface area contributed by atoms with E-state index in [0.717, 1.165) is 5.69 Å². The first kappa shape index (κ1) is 14.9. The third-order valence-corrected chi connectivity index (χ3v) is 3.13. The molecule has 2 aromatic rings. The van der Waals surface area contributed by atoms with E-state index < -0.39 is 11.8 Å². The Hall–Kier alpha value is -2.50. The van der Waals surface area contributed by atoms with Crippen LogP contribution in [0.3, 0.4) is 0 Å². The van der Waals surface area contributed by atoms with Crippen LogP contribution < -0.4 is 5.69 Å². The van der Waals surface area contributed by atoms with Gasteiger partial charge in [0.25, 0.3) is 0 Å². The topological polar surface area (TPSA) is 61.2 Å². The molecule has 0 saturated carbocycles. The monoisotopic (exact) mass is 290 g/mol. The molecule has 0 radical (unpaired) electrons. The number of hydrogen-bond donors (Lipinski definition) is 0. The van der Waals surface area contributed by atoms with E-state index in [0.29, 0.717) is 11.3 Å². The molecule has 1 aromatic carbocycles. The second-order valence-electron chi connectivity index (χ2n) is 4.71. The fourth-order valence-electron chi connectivity index (χ4n) is 2.08. The van der Waals surface area contributed by atoms with Gasteiger partial charge in [0, 0.05) is 11.4 Å². The number of carbonyl (C=O) groups is 1. The van der Waals surface area contributed by atoms with Gasteiger partial charge >= 0.3 is 11.7 Å². The molecule has 0 saturated heterocycles. The highest BCUT2D eigenvalue weighted by atomic mass is 19.1. The lowest BCUT2D eigenvalue weighted by Gasteiger charge is -2.10. The zero-order valence-corrected chi connectivity index (χ0v) is 12.0. The second kappa shape index (κ2) is 5.87. The Balaban J connectivity index is 2.35. The van der Waals surface area contributed by atoms with Crippen LogP contribution in [0.5, 0.6) is 0 Å². The summed E-state index contributed by atoms with van der Waals surface area (Å²) in [7, 11) is 1.19. The lowest BCUT2D eigenvalue weighted by atomic mass is 10.1. The van der Waals surface area contributed by atoms with E-state index in [-0.39, 0.29) is 17.8 Å². The van der Waals surface area contributed by atoms with Gasteiger partial charge in [-0.2, -0.15) is 4.98 Å². The number of ether oxygens (including phenoxy) is 1. The quantitative estimate of drug-likeness (QED) is 0.809. The van der Waals surface area contributed by atoms with Crippen molar-refractivity contribution in [1.29, 1.82) is 0 Å². The van der Waals surface area contributed by atoms with Crippen molar-refractivity contribution in [3.8, 4) is 0 Å². The predicted molar refractivity (Wildman–Crippen MR) is 74.8 cm³/mol. The zero-order chi connectivity index (χ0) is 15.6. The van der Waals surface area contributed by atoms with Crippen molar-refractivity contribution in [2.75, 3.05) is 7.11 Å². The van der Waals surface area contributed by atoms with Crippen molar-refractivity contribution in [3.63, 3.8) is 0 Å². The van der Waals surface area contributed by atoms with Crippen LogP contribution in [0.15, 0.2) is 29.1 Å². The number of esters is 1. The molecule has 0 unspecified atom stereocenters. The molecule has 21 heavy (non-hydrogen) atoms. The summed E-state index contributed by atoms with van der Waals surface area (Å²) < 4.78 is 19.8. The van der Waals surface area contributed by atoms with Gasteiger partial charge in [0.05, 0.1) is 19.2 Å². The van der Waals surface area contributed by atoms with Crippen molar-refractivity contribution in [2.24, 2.45) is 0 Å². The predicted octanol–water partition coefficient (Wildman–Crippen LogP) is 1.83. The van der Waals surface area contributed by atoms with Gasteiger partial charge in [-0.05, 0) is 37.6 Å². The minimum absolute atomic E-state index is 0.132. The largest absolute Gasteiger partial charge is 0.465 e. The number of aromatic nitrogens is 2. The van der Waals surface area contributed by atoms with E-state index in [2.05, 4.69) is 9.72 Å². The van der Waals surface area contributed by atoms with Crippen molar-refractivity contribution < 1.29 is 13.9 Å². The average Bonchev–Trinajstić information content (AvgIpc) is 2.42. The van der Waals surface area contributed by atoms with Gasteiger partial charge in [0.1, 0.15) is 5.82 Å². The van der Waals surface area contributed by atoms with E-state index in [4.69, 9.17) is 0 Å². The van der Waals surface area contributed by atoms with Crippen molar-refractivity contribution in [1.82, 2.24) is 9.55 Å². The summed E-state index contributed by atoms with van der Waals surface area (Å²) in [5.41, 5.74) is 1.43. The summed E-state index contributed by atoms with van der Waals surface area (Å²) in [6.07, 6.45) is 0. The van der Waals surface area contributed by atoms with Crippen LogP contribution in [0, 0.1) is 19.7 Å². The Morgan fingerprint density at radius 3 is 2.62 bits per heavy atom. The van der Waals surface area contributed by atoms with Crippen LogP contribution >= 0.6 is 0 Å². The van der Waals surface area contributed by atoms with E-state index in [1.165, 1.54) is 23.8 Å². The van der Waals surface area contributed by atoms with Gasteiger partial charge in [0.2, 0.25) is 0 Å². The fourth-order valence-corrected chi connectivity index (χ4v) is 2.08. The number of nitrogens with zero attached hydrogens (tertiary/aromatic N) is 2. The highest BCUT2D eigenvalue weighted by molar-refractivity contribution is 5.89. The molecular formula is C15H15FN2O3. The maximum atomic E-state index is 13.9. The molecule has 0 bridgehead atoms. The Morgan fingerprint density at radius 2 is 2.05 bits per heavy atom. The number of carbonyl (C=O) groups excluding carboxylic acids is 1. The molecule has 110 valence electrons. The van der Waals surface area contributed by atoms with Gasteiger partial charge < -0.3 is 4.74 Å². The maximum absolute atomic E-state index is 13.9. The van der Waals surface area contributed by atoms with E-state index in [9.17, 15) is 14.0 Å². The Labute approximate surface area is 121 Å². The normalized spacial score (nSPS) is 10.5. The number of benzene rings is 1. The first-order valence-corrected chi connectivity index (χ1v) is 6.34. The number of hydrogen-bond acceptors (Lipinski definition) is 4. The Bertz CT molecular complexity index is 753. The van der Waals surface area contributed by atoms with Crippen molar-refractivity contribution >= 4 is 5.97 Å². The van der Waals surface area contributed by atoms with Crippen LogP contribution in [-0.2, 0) is 11.3 Å². The summed E-state index contributed by atoms with van der Waals surface area (Å²) in [6.45, 7) is 3.72.